The van der Waals surface area contributed by atoms with Crippen LogP contribution in [-0.2, 0) is 17.6 Å². The molecule has 1 atom stereocenters. The predicted octanol–water partition coefficient (Wildman–Crippen LogP) is 2.91. The molecule has 1 aliphatic carbocycles. The van der Waals surface area contributed by atoms with E-state index in [0.717, 1.165) is 54.8 Å². The number of fused-ring (bicyclic) bond motifs is 5. The van der Waals surface area contributed by atoms with Crippen LogP contribution in [0.2, 0.25) is 0 Å². The summed E-state index contributed by atoms with van der Waals surface area (Å²) < 4.78 is 6.93. The molecule has 0 aromatic carbocycles. The van der Waals surface area contributed by atoms with Crippen molar-refractivity contribution >= 4 is 33.1 Å². The van der Waals surface area contributed by atoms with Crippen LogP contribution in [0.25, 0.3) is 15.9 Å². The molecule has 0 amide bonds. The zero-order valence-corrected chi connectivity index (χ0v) is 14.3. The molecule has 4 rings (SSSR count). The maximum Gasteiger partial charge on any atom is 0.227 e. The first-order valence-corrected chi connectivity index (χ1v) is 8.96. The monoisotopic (exact) mass is 331 g/mol. The van der Waals surface area contributed by atoms with Gasteiger partial charge in [-0.2, -0.15) is 9.61 Å². The van der Waals surface area contributed by atoms with Crippen LogP contribution in [0, 0.1) is 5.92 Å². The normalized spacial score (nSPS) is 17.7. The number of methoxy groups -OCH3 is 1. The van der Waals surface area contributed by atoms with Crippen LogP contribution in [0.4, 0.5) is 5.95 Å². The van der Waals surface area contributed by atoms with Crippen molar-refractivity contribution < 1.29 is 4.74 Å². The van der Waals surface area contributed by atoms with Crippen LogP contribution < -0.4 is 5.32 Å². The number of nitrogens with zero attached hydrogens (tertiary/aromatic N) is 4. The first-order valence-electron chi connectivity index (χ1n) is 8.14. The van der Waals surface area contributed by atoms with E-state index in [0.29, 0.717) is 0 Å². The molecule has 1 aliphatic rings. The van der Waals surface area contributed by atoms with Gasteiger partial charge in [0, 0.05) is 25.1 Å². The van der Waals surface area contributed by atoms with Crippen molar-refractivity contribution in [2.75, 3.05) is 25.6 Å². The zero-order valence-electron chi connectivity index (χ0n) is 13.5. The molecule has 0 saturated heterocycles. The Morgan fingerprint density at radius 1 is 1.48 bits per heavy atom. The van der Waals surface area contributed by atoms with Crippen LogP contribution in [0.15, 0.2) is 6.33 Å². The molecule has 3 aromatic heterocycles. The highest BCUT2D eigenvalue weighted by atomic mass is 32.1. The summed E-state index contributed by atoms with van der Waals surface area (Å²) in [6.07, 6.45) is 6.11. The van der Waals surface area contributed by atoms with E-state index in [9.17, 15) is 0 Å². The first-order chi connectivity index (χ1) is 11.3. The van der Waals surface area contributed by atoms with E-state index in [2.05, 4.69) is 22.3 Å². The Labute approximate surface area is 138 Å². The van der Waals surface area contributed by atoms with Gasteiger partial charge in [0.05, 0.1) is 5.39 Å². The van der Waals surface area contributed by atoms with Gasteiger partial charge >= 0.3 is 0 Å². The van der Waals surface area contributed by atoms with Crippen LogP contribution in [0.5, 0.6) is 0 Å². The zero-order chi connectivity index (χ0) is 15.8. The van der Waals surface area contributed by atoms with E-state index < -0.39 is 0 Å². The van der Waals surface area contributed by atoms with Crippen molar-refractivity contribution in [3.63, 3.8) is 0 Å². The standard InChI is InChI=1S/C16H21N5OS/c1-10-4-5-12-11(8-10)13-14-18-9-19-21(14)16(20-15(13)23-12)17-6-3-7-22-2/h9-10H,3-8H2,1-2H3,(H,17,20). The summed E-state index contributed by atoms with van der Waals surface area (Å²) in [6, 6.07) is 0. The van der Waals surface area contributed by atoms with Gasteiger partial charge in [-0.1, -0.05) is 6.92 Å². The van der Waals surface area contributed by atoms with E-state index in [4.69, 9.17) is 9.72 Å². The van der Waals surface area contributed by atoms with Gasteiger partial charge in [0.25, 0.3) is 0 Å². The van der Waals surface area contributed by atoms with Crippen LogP contribution >= 0.6 is 11.3 Å². The van der Waals surface area contributed by atoms with Crippen molar-refractivity contribution in [1.82, 2.24) is 19.6 Å². The molecule has 3 aromatic rings. The number of aromatic nitrogens is 4. The van der Waals surface area contributed by atoms with Crippen LogP contribution in [-0.4, -0.2) is 39.8 Å². The van der Waals surface area contributed by atoms with Crippen molar-refractivity contribution in [2.45, 2.75) is 32.6 Å². The number of thiophene rings is 1. The van der Waals surface area contributed by atoms with Crippen molar-refractivity contribution in [3.8, 4) is 0 Å². The highest BCUT2D eigenvalue weighted by Gasteiger charge is 2.24. The first kappa shape index (κ1) is 14.8. The van der Waals surface area contributed by atoms with Gasteiger partial charge in [0.1, 0.15) is 11.2 Å². The molecule has 6 nitrogen and oxygen atoms in total. The molecular weight excluding hydrogens is 310 g/mol. The quantitative estimate of drug-likeness (QED) is 0.728. The topological polar surface area (TPSA) is 64.3 Å². The summed E-state index contributed by atoms with van der Waals surface area (Å²) in [7, 11) is 1.72. The molecule has 0 radical (unpaired) electrons. The van der Waals surface area contributed by atoms with Crippen LogP contribution in [0.1, 0.15) is 30.2 Å². The minimum Gasteiger partial charge on any atom is -0.385 e. The molecule has 1 N–H and O–H groups in total. The van der Waals surface area contributed by atoms with Crippen molar-refractivity contribution in [2.24, 2.45) is 5.92 Å². The third-order valence-electron chi connectivity index (χ3n) is 4.48. The van der Waals surface area contributed by atoms with Gasteiger partial charge < -0.3 is 10.1 Å². The molecule has 23 heavy (non-hydrogen) atoms. The predicted molar refractivity (Wildman–Crippen MR) is 92.3 cm³/mol. The summed E-state index contributed by atoms with van der Waals surface area (Å²) in [6.45, 7) is 3.87. The second-order valence-electron chi connectivity index (χ2n) is 6.24. The lowest BCUT2D eigenvalue weighted by Crippen LogP contribution is -2.11. The van der Waals surface area contributed by atoms with E-state index >= 15 is 0 Å². The third kappa shape index (κ3) is 2.57. The molecule has 0 aliphatic heterocycles. The Balaban J connectivity index is 1.78. The fourth-order valence-electron chi connectivity index (χ4n) is 3.29. The SMILES string of the molecule is COCCCNc1nc2sc3c(c2c2ncnn12)CC(C)CC3. The Morgan fingerprint density at radius 3 is 3.26 bits per heavy atom. The minimum atomic E-state index is 0.732. The maximum absolute atomic E-state index is 5.09. The van der Waals surface area contributed by atoms with Gasteiger partial charge in [-0.05, 0) is 37.2 Å². The van der Waals surface area contributed by atoms with Gasteiger partial charge in [-0.3, -0.25) is 0 Å². The molecule has 7 heteroatoms. The maximum atomic E-state index is 5.09. The molecule has 122 valence electrons. The summed E-state index contributed by atoms with van der Waals surface area (Å²) in [5, 5.41) is 8.94. The Bertz CT molecular complexity index is 840. The lowest BCUT2D eigenvalue weighted by atomic mass is 9.89. The Kier molecular flexibility index (Phi) is 3.90. The Hall–Kier alpha value is -1.73. The van der Waals surface area contributed by atoms with E-state index in [1.165, 1.54) is 22.2 Å². The van der Waals surface area contributed by atoms with E-state index in [1.807, 2.05) is 15.9 Å². The second kappa shape index (κ2) is 6.05. The van der Waals surface area contributed by atoms with E-state index in [-0.39, 0.29) is 0 Å². The van der Waals surface area contributed by atoms with Crippen molar-refractivity contribution in [1.29, 1.82) is 0 Å². The highest BCUT2D eigenvalue weighted by molar-refractivity contribution is 7.19. The van der Waals surface area contributed by atoms with Gasteiger partial charge in [0.15, 0.2) is 5.65 Å². The summed E-state index contributed by atoms with van der Waals surface area (Å²) in [4.78, 5) is 11.9. The number of nitrogens with one attached hydrogen (secondary N) is 1. The second-order valence-corrected chi connectivity index (χ2v) is 7.32. The van der Waals surface area contributed by atoms with Crippen LogP contribution in [0.3, 0.4) is 0 Å². The minimum absolute atomic E-state index is 0.732. The number of hydrogen-bond acceptors (Lipinski definition) is 6. The lowest BCUT2D eigenvalue weighted by Gasteiger charge is -2.17. The number of anilines is 1. The molecule has 0 bridgehead atoms. The largest absolute Gasteiger partial charge is 0.385 e. The highest BCUT2D eigenvalue weighted by Crippen LogP contribution is 2.39. The third-order valence-corrected chi connectivity index (χ3v) is 5.66. The number of ether oxygens (including phenoxy) is 1. The fraction of sp³-hybridized carbons (Fsp3) is 0.562. The number of aryl methyl sites for hydroxylation is 1. The summed E-state index contributed by atoms with van der Waals surface area (Å²) in [5.74, 6) is 1.50. The van der Waals surface area contributed by atoms with Gasteiger partial charge in [0.2, 0.25) is 5.95 Å². The van der Waals surface area contributed by atoms with Gasteiger partial charge in [-0.15, -0.1) is 11.3 Å². The summed E-state index contributed by atoms with van der Waals surface area (Å²) >= 11 is 1.82. The average molecular weight is 331 g/mol. The molecule has 0 saturated carbocycles. The van der Waals surface area contributed by atoms with Crippen molar-refractivity contribution in [3.05, 3.63) is 16.8 Å². The fourth-order valence-corrected chi connectivity index (χ4v) is 4.51. The molecular formula is C16H21N5OS. The van der Waals surface area contributed by atoms with E-state index in [1.54, 1.807) is 13.4 Å². The molecule has 3 heterocycles. The average Bonchev–Trinajstić information content (AvgIpc) is 3.15. The summed E-state index contributed by atoms with van der Waals surface area (Å²) in [5.41, 5.74) is 2.37. The lowest BCUT2D eigenvalue weighted by molar-refractivity contribution is 0.197. The molecule has 0 fully saturated rings. The smallest absolute Gasteiger partial charge is 0.227 e. The number of hydrogen-bond donors (Lipinski definition) is 1. The van der Waals surface area contributed by atoms with Gasteiger partial charge in [-0.25, -0.2) is 9.97 Å². The Morgan fingerprint density at radius 2 is 2.39 bits per heavy atom. The number of rotatable bonds is 5. The molecule has 1 unspecified atom stereocenters. The molecule has 0 spiro atoms.